The SMILES string of the molecule is Cn1c(=O)oc2cc(C(Br)c3cccc(Br)c3Cl)ccc21. The Labute approximate surface area is 142 Å². The highest BCUT2D eigenvalue weighted by Crippen LogP contribution is 2.38. The number of fused-ring (bicyclic) bond motifs is 1. The number of halogens is 3. The fraction of sp³-hybridized carbons (Fsp3) is 0.133. The monoisotopic (exact) mass is 429 g/mol. The molecular formula is C15H10Br2ClNO2. The highest BCUT2D eigenvalue weighted by atomic mass is 79.9. The molecule has 2 aromatic carbocycles. The molecule has 0 saturated carbocycles. The summed E-state index contributed by atoms with van der Waals surface area (Å²) >= 11 is 13.4. The highest BCUT2D eigenvalue weighted by molar-refractivity contribution is 9.10. The molecule has 1 unspecified atom stereocenters. The van der Waals surface area contributed by atoms with E-state index in [1.54, 1.807) is 7.05 Å². The Kier molecular flexibility index (Phi) is 3.99. The number of hydrogen-bond donors (Lipinski definition) is 0. The Bertz CT molecular complexity index is 885. The van der Waals surface area contributed by atoms with Crippen LogP contribution in [0.4, 0.5) is 0 Å². The van der Waals surface area contributed by atoms with Crippen LogP contribution in [0.2, 0.25) is 5.02 Å². The van der Waals surface area contributed by atoms with E-state index in [0.29, 0.717) is 10.6 Å². The topological polar surface area (TPSA) is 35.1 Å². The van der Waals surface area contributed by atoms with Gasteiger partial charge in [0.05, 0.1) is 15.4 Å². The lowest BCUT2D eigenvalue weighted by atomic mass is 10.0. The van der Waals surface area contributed by atoms with Gasteiger partial charge in [-0.1, -0.05) is 45.7 Å². The number of hydrogen-bond acceptors (Lipinski definition) is 2. The van der Waals surface area contributed by atoms with Gasteiger partial charge >= 0.3 is 5.76 Å². The van der Waals surface area contributed by atoms with Crippen molar-refractivity contribution in [2.75, 3.05) is 0 Å². The molecule has 3 rings (SSSR count). The van der Waals surface area contributed by atoms with Crippen molar-refractivity contribution >= 4 is 54.6 Å². The zero-order chi connectivity index (χ0) is 15.1. The van der Waals surface area contributed by atoms with Crippen LogP contribution < -0.4 is 5.76 Å². The molecule has 1 heterocycles. The van der Waals surface area contributed by atoms with Crippen molar-refractivity contribution in [2.45, 2.75) is 4.83 Å². The van der Waals surface area contributed by atoms with E-state index in [9.17, 15) is 4.79 Å². The summed E-state index contributed by atoms with van der Waals surface area (Å²) in [5.74, 6) is -0.367. The van der Waals surface area contributed by atoms with Crippen LogP contribution in [0.3, 0.4) is 0 Å². The van der Waals surface area contributed by atoms with Crippen molar-refractivity contribution in [1.29, 1.82) is 0 Å². The van der Waals surface area contributed by atoms with Crippen molar-refractivity contribution in [3.05, 3.63) is 67.6 Å². The van der Waals surface area contributed by atoms with Crippen LogP contribution >= 0.6 is 43.5 Å². The van der Waals surface area contributed by atoms with E-state index in [-0.39, 0.29) is 10.6 Å². The number of alkyl halides is 1. The minimum absolute atomic E-state index is 0.0857. The molecule has 3 nitrogen and oxygen atoms in total. The third-order valence-electron chi connectivity index (χ3n) is 3.36. The van der Waals surface area contributed by atoms with Gasteiger partial charge in [-0.15, -0.1) is 0 Å². The minimum Gasteiger partial charge on any atom is -0.408 e. The molecule has 1 atom stereocenters. The number of aryl methyl sites for hydroxylation is 1. The van der Waals surface area contributed by atoms with E-state index < -0.39 is 0 Å². The highest BCUT2D eigenvalue weighted by Gasteiger charge is 2.17. The first kappa shape index (κ1) is 14.9. The summed E-state index contributed by atoms with van der Waals surface area (Å²) < 4.78 is 7.55. The summed E-state index contributed by atoms with van der Waals surface area (Å²) in [5, 5.41) is 0.661. The lowest BCUT2D eigenvalue weighted by molar-refractivity contribution is 0.528. The van der Waals surface area contributed by atoms with E-state index in [1.807, 2.05) is 36.4 Å². The Morgan fingerprint density at radius 3 is 2.81 bits per heavy atom. The first-order chi connectivity index (χ1) is 9.99. The van der Waals surface area contributed by atoms with Crippen LogP contribution in [0.1, 0.15) is 16.0 Å². The summed E-state index contributed by atoms with van der Waals surface area (Å²) in [6, 6.07) is 11.5. The maximum absolute atomic E-state index is 11.5. The van der Waals surface area contributed by atoms with E-state index in [1.165, 1.54) is 4.57 Å². The zero-order valence-corrected chi connectivity index (χ0v) is 14.9. The molecule has 0 amide bonds. The molecule has 0 aliphatic rings. The van der Waals surface area contributed by atoms with Crippen LogP contribution in [0.15, 0.2) is 50.1 Å². The van der Waals surface area contributed by atoms with Crippen LogP contribution in [0.5, 0.6) is 0 Å². The van der Waals surface area contributed by atoms with Crippen LogP contribution in [0.25, 0.3) is 11.1 Å². The number of rotatable bonds is 2. The van der Waals surface area contributed by atoms with E-state index in [4.69, 9.17) is 16.0 Å². The molecule has 21 heavy (non-hydrogen) atoms. The summed E-state index contributed by atoms with van der Waals surface area (Å²) in [7, 11) is 1.69. The molecule has 1 aromatic heterocycles. The van der Waals surface area contributed by atoms with Crippen molar-refractivity contribution in [3.63, 3.8) is 0 Å². The average molecular weight is 432 g/mol. The Hall–Kier alpha value is -1.04. The van der Waals surface area contributed by atoms with Gasteiger partial charge in [-0.2, -0.15) is 0 Å². The van der Waals surface area contributed by atoms with Crippen molar-refractivity contribution < 1.29 is 4.42 Å². The van der Waals surface area contributed by atoms with Gasteiger partial charge in [-0.05, 0) is 45.3 Å². The number of oxazole rings is 1. The standard InChI is InChI=1S/C15H10Br2ClNO2/c1-19-11-6-5-8(7-12(11)21-15(19)20)13(17)9-3-2-4-10(16)14(9)18/h2-7,13H,1H3. The van der Waals surface area contributed by atoms with Crippen molar-refractivity contribution in [1.82, 2.24) is 4.57 Å². The Morgan fingerprint density at radius 2 is 2.05 bits per heavy atom. The average Bonchev–Trinajstić information content (AvgIpc) is 2.76. The third kappa shape index (κ3) is 2.58. The molecule has 0 radical (unpaired) electrons. The molecule has 0 aliphatic carbocycles. The van der Waals surface area contributed by atoms with E-state index >= 15 is 0 Å². The molecule has 0 aliphatic heterocycles. The molecule has 0 bridgehead atoms. The maximum atomic E-state index is 11.5. The van der Waals surface area contributed by atoms with Crippen LogP contribution in [-0.2, 0) is 7.05 Å². The molecule has 0 spiro atoms. The number of nitrogens with zero attached hydrogens (tertiary/aromatic N) is 1. The van der Waals surface area contributed by atoms with Gasteiger partial charge in [-0.3, -0.25) is 4.57 Å². The molecular weight excluding hydrogens is 421 g/mol. The third-order valence-corrected chi connectivity index (χ3v) is 5.70. The second kappa shape index (κ2) is 5.63. The zero-order valence-electron chi connectivity index (χ0n) is 10.9. The fourth-order valence-corrected chi connectivity index (χ4v) is 3.62. The molecule has 0 N–H and O–H groups in total. The summed E-state index contributed by atoms with van der Waals surface area (Å²) in [6.07, 6.45) is 0. The lowest BCUT2D eigenvalue weighted by Gasteiger charge is -2.13. The lowest BCUT2D eigenvalue weighted by Crippen LogP contribution is -2.08. The molecule has 108 valence electrons. The first-order valence-corrected chi connectivity index (χ1v) is 8.25. The molecule has 0 saturated heterocycles. The summed E-state index contributed by atoms with van der Waals surface area (Å²) in [6.45, 7) is 0. The van der Waals surface area contributed by atoms with Gasteiger partial charge in [0.15, 0.2) is 5.58 Å². The summed E-state index contributed by atoms with van der Waals surface area (Å²) in [4.78, 5) is 11.5. The second-order valence-electron chi connectivity index (χ2n) is 4.66. The second-order valence-corrected chi connectivity index (χ2v) is 6.81. The summed E-state index contributed by atoms with van der Waals surface area (Å²) in [5.41, 5.74) is 3.25. The van der Waals surface area contributed by atoms with Crippen molar-refractivity contribution in [2.24, 2.45) is 7.05 Å². The Morgan fingerprint density at radius 1 is 1.29 bits per heavy atom. The van der Waals surface area contributed by atoms with Gasteiger partial charge in [0.25, 0.3) is 0 Å². The smallest absolute Gasteiger partial charge is 0.408 e. The predicted octanol–water partition coefficient (Wildman–Crippen LogP) is 5.03. The van der Waals surface area contributed by atoms with Gasteiger partial charge in [0.2, 0.25) is 0 Å². The quantitative estimate of drug-likeness (QED) is 0.534. The van der Waals surface area contributed by atoms with Gasteiger partial charge in [0, 0.05) is 11.5 Å². The van der Waals surface area contributed by atoms with Gasteiger partial charge in [0.1, 0.15) is 0 Å². The largest absolute Gasteiger partial charge is 0.419 e. The number of benzene rings is 2. The predicted molar refractivity (Wildman–Crippen MR) is 91.4 cm³/mol. The van der Waals surface area contributed by atoms with E-state index in [2.05, 4.69) is 31.9 Å². The maximum Gasteiger partial charge on any atom is 0.419 e. The van der Waals surface area contributed by atoms with E-state index in [0.717, 1.165) is 21.1 Å². The minimum atomic E-state index is -0.367. The van der Waals surface area contributed by atoms with Crippen LogP contribution in [-0.4, -0.2) is 4.57 Å². The van der Waals surface area contributed by atoms with Gasteiger partial charge in [-0.25, -0.2) is 4.79 Å². The van der Waals surface area contributed by atoms with Crippen LogP contribution in [0, 0.1) is 0 Å². The Balaban J connectivity index is 2.11. The number of aromatic nitrogens is 1. The normalized spacial score (nSPS) is 12.8. The molecule has 0 fully saturated rings. The molecule has 3 aromatic rings. The fourth-order valence-electron chi connectivity index (χ4n) is 2.20. The first-order valence-electron chi connectivity index (χ1n) is 6.16. The molecule has 6 heteroatoms. The van der Waals surface area contributed by atoms with Crippen molar-refractivity contribution in [3.8, 4) is 0 Å². The van der Waals surface area contributed by atoms with Gasteiger partial charge < -0.3 is 4.42 Å².